The van der Waals surface area contributed by atoms with E-state index in [4.69, 9.17) is 0 Å². The van der Waals surface area contributed by atoms with E-state index in [2.05, 4.69) is 131 Å². The van der Waals surface area contributed by atoms with Crippen molar-refractivity contribution in [2.45, 2.75) is 119 Å². The molecule has 2 aliphatic carbocycles. The van der Waals surface area contributed by atoms with Crippen molar-refractivity contribution in [1.29, 1.82) is 0 Å². The van der Waals surface area contributed by atoms with Crippen LogP contribution in [-0.2, 0) is 14.4 Å². The quantitative estimate of drug-likeness (QED) is 0.287. The molecule has 0 bridgehead atoms. The third kappa shape index (κ3) is 4.49. The van der Waals surface area contributed by atoms with Gasteiger partial charge < -0.3 is 0 Å². The molecule has 0 fully saturated rings. The first kappa shape index (κ1) is 30.0. The van der Waals surface area contributed by atoms with E-state index in [1.54, 1.807) is 22.3 Å². The average Bonchev–Trinajstić information content (AvgIpc) is 3.27. The van der Waals surface area contributed by atoms with E-state index >= 15 is 0 Å². The molecule has 0 saturated carbocycles. The monoisotopic (exact) mass is 606 g/mol. The summed E-state index contributed by atoms with van der Waals surface area (Å²) in [5, 5.41) is 0. The molecule has 0 nitrogen and oxygen atoms in total. The number of benzene rings is 2. The second-order valence-corrected chi connectivity index (χ2v) is 79.1. The number of rotatable bonds is 6. The average molecular weight is 608 g/mol. The zero-order valence-corrected chi connectivity index (χ0v) is 31.0. The van der Waals surface area contributed by atoms with E-state index in [1.165, 1.54) is 33.4 Å². The maximum atomic E-state index is 2.80. The summed E-state index contributed by atoms with van der Waals surface area (Å²) in [4.78, 5) is 0. The van der Waals surface area contributed by atoms with Gasteiger partial charge in [-0.15, -0.1) is 0 Å². The third-order valence-corrected chi connectivity index (χ3v) is 34.0. The van der Waals surface area contributed by atoms with Crippen molar-refractivity contribution < 1.29 is 14.4 Å². The maximum absolute atomic E-state index is 4.71. The summed E-state index contributed by atoms with van der Waals surface area (Å²) in [5.74, 6) is 2.10. The first-order valence-electron chi connectivity index (χ1n) is 15.3. The van der Waals surface area contributed by atoms with Gasteiger partial charge in [0.15, 0.2) is 0 Å². The van der Waals surface area contributed by atoms with E-state index in [0.29, 0.717) is 30.9 Å². The van der Waals surface area contributed by atoms with E-state index in [-0.39, 0.29) is 0 Å². The van der Waals surface area contributed by atoms with Crippen LogP contribution in [-0.4, -0.2) is 6.88 Å². The molecule has 0 aromatic heterocycles. The van der Waals surface area contributed by atoms with Gasteiger partial charge in [0.1, 0.15) is 0 Å². The zero-order chi connectivity index (χ0) is 28.9. The molecule has 2 aromatic carbocycles. The van der Waals surface area contributed by atoms with Gasteiger partial charge in [0.2, 0.25) is 0 Å². The molecule has 0 N–H and O–H groups in total. The number of fused-ring (bicyclic) bond motifs is 2. The molecule has 0 amide bonds. The van der Waals surface area contributed by atoms with Gasteiger partial charge in [-0.05, 0) is 0 Å². The van der Waals surface area contributed by atoms with Crippen LogP contribution in [0.25, 0.3) is 12.2 Å². The van der Waals surface area contributed by atoms with Gasteiger partial charge >= 0.3 is 232 Å². The molecule has 0 spiro atoms. The molecule has 2 unspecified atom stereocenters. The fraction of sp³-hybridized carbons (Fsp3) is 0.556. The molecule has 0 aliphatic heterocycles. The third-order valence-electron chi connectivity index (χ3n) is 10.4. The topological polar surface area (TPSA) is 0 Å². The molecule has 0 saturated heterocycles. The van der Waals surface area contributed by atoms with Crippen molar-refractivity contribution >= 4 is 19.0 Å². The van der Waals surface area contributed by atoms with Crippen molar-refractivity contribution in [1.82, 2.24) is 0 Å². The molecule has 2 aromatic rings. The molecule has 4 rings (SSSR count). The van der Waals surface area contributed by atoms with Crippen LogP contribution in [0.3, 0.4) is 0 Å². The van der Waals surface area contributed by atoms with E-state index < -0.39 is 14.4 Å². The van der Waals surface area contributed by atoms with Gasteiger partial charge in [-0.2, -0.15) is 0 Å². The van der Waals surface area contributed by atoms with Crippen LogP contribution >= 0.6 is 0 Å². The zero-order valence-electron chi connectivity index (χ0n) is 27.1. The molecule has 2 heteroatoms. The molecular formula is C36H56SiZr. The Morgan fingerprint density at radius 2 is 0.868 bits per heavy atom. The minimum absolute atomic E-state index is 0.473. The summed E-state index contributed by atoms with van der Waals surface area (Å²) in [6.45, 7) is 26.3. The summed E-state index contributed by atoms with van der Waals surface area (Å²) in [6.07, 6.45) is 5.16. The second kappa shape index (κ2) is 8.06. The summed E-state index contributed by atoms with van der Waals surface area (Å²) in [7, 11) is 0. The Bertz CT molecular complexity index is 1410. The van der Waals surface area contributed by atoms with E-state index in [0.717, 1.165) is 0 Å². The van der Waals surface area contributed by atoms with Gasteiger partial charge in [-0.1, -0.05) is 0 Å². The van der Waals surface area contributed by atoms with E-state index in [9.17, 15) is 0 Å². The second-order valence-electron chi connectivity index (χ2n) is 18.8. The molecule has 0 radical (unpaired) electrons. The van der Waals surface area contributed by atoms with Crippen LogP contribution in [0.15, 0.2) is 35.4 Å². The Balaban J connectivity index is 2.12. The van der Waals surface area contributed by atoms with Crippen LogP contribution in [0.2, 0.25) is 18.5 Å². The fourth-order valence-electron chi connectivity index (χ4n) is 9.21. The van der Waals surface area contributed by atoms with Crippen LogP contribution in [0, 0.1) is 0 Å². The predicted molar refractivity (Wildman–Crippen MR) is 174 cm³/mol. The van der Waals surface area contributed by atoms with Crippen LogP contribution in [0.1, 0.15) is 145 Å². The number of hydrogen-bond donors (Lipinski definition) is 0. The van der Waals surface area contributed by atoms with Gasteiger partial charge in [0.25, 0.3) is 0 Å². The van der Waals surface area contributed by atoms with Crippen molar-refractivity contribution in [3.05, 3.63) is 79.9 Å². The van der Waals surface area contributed by atoms with Gasteiger partial charge in [0.05, 0.1) is 0 Å². The molecular weight excluding hydrogens is 552 g/mol. The molecule has 208 valence electrons. The number of hydrogen-bond acceptors (Lipinski definition) is 0. The Morgan fingerprint density at radius 1 is 0.553 bits per heavy atom. The first-order valence-corrected chi connectivity index (χ1v) is 33.9. The molecule has 0 heterocycles. The fourth-order valence-corrected chi connectivity index (χ4v) is 37.9. The van der Waals surface area contributed by atoms with Gasteiger partial charge in [-0.25, -0.2) is 0 Å². The first-order chi connectivity index (χ1) is 17.0. The SMILES string of the molecule is CC1=Cc2c(C(C)C)cc(C(C)C)cc2[CH]1[Zr]([CH3])([CH3])([CH3])([CH3])(=[SiH2])[CH]1C(C)=Cc2c(C(C)C)cc(C(C)C)cc21. The molecule has 2 atom stereocenters. The molecule has 38 heavy (non-hydrogen) atoms. The van der Waals surface area contributed by atoms with Gasteiger partial charge in [-0.3, -0.25) is 0 Å². The summed E-state index contributed by atoms with van der Waals surface area (Å²) in [6, 6.07) is 10.2. The number of allylic oxidation sites excluding steroid dienone is 2. The van der Waals surface area contributed by atoms with Crippen molar-refractivity contribution in [3.8, 4) is 0 Å². The van der Waals surface area contributed by atoms with Gasteiger partial charge in [0, 0.05) is 0 Å². The predicted octanol–water partition coefficient (Wildman–Crippen LogP) is 11.3. The minimum atomic E-state index is -4.71. The molecule has 2 aliphatic rings. The summed E-state index contributed by atoms with van der Waals surface area (Å²) in [5.41, 5.74) is 15.5. The van der Waals surface area contributed by atoms with Crippen LogP contribution in [0.5, 0.6) is 0 Å². The van der Waals surface area contributed by atoms with Crippen molar-refractivity contribution in [2.24, 2.45) is 0 Å². The Kier molecular flexibility index (Phi) is 6.36. The Morgan fingerprint density at radius 3 is 1.13 bits per heavy atom. The van der Waals surface area contributed by atoms with E-state index in [1.807, 2.05) is 0 Å². The Labute approximate surface area is 230 Å². The van der Waals surface area contributed by atoms with Crippen molar-refractivity contribution in [3.63, 3.8) is 0 Å². The van der Waals surface area contributed by atoms with Crippen molar-refractivity contribution in [2.75, 3.05) is 0 Å². The summed E-state index contributed by atoms with van der Waals surface area (Å²) < 4.78 is 12.2. The van der Waals surface area contributed by atoms with Crippen LogP contribution in [0.4, 0.5) is 0 Å². The Hall–Kier alpha value is -0.980. The van der Waals surface area contributed by atoms with Crippen LogP contribution < -0.4 is 0 Å². The normalized spacial score (nSPS) is 22.2. The summed E-state index contributed by atoms with van der Waals surface area (Å²) >= 11 is -4.71. The standard InChI is InChI=1S/2C16H21.4CH3.H2Si.Zr/c2*1-10(2)13-8-14-6-12(5)7-16(14)15(9-13)11(3)4;;;;;;/h2*6-11H,1-5H3;4*1H3;1H2;.